The molecule has 0 saturated carbocycles. The number of aryl methyl sites for hydroxylation is 5. The summed E-state index contributed by atoms with van der Waals surface area (Å²) < 4.78 is 0. The van der Waals surface area contributed by atoms with Crippen LogP contribution in [0, 0.1) is 64.1 Å². The largest absolute Gasteiger partial charge is 0.304 e. The van der Waals surface area contributed by atoms with E-state index in [0.717, 1.165) is 79.5 Å². The van der Waals surface area contributed by atoms with E-state index in [2.05, 4.69) is 215 Å². The van der Waals surface area contributed by atoms with Crippen LogP contribution in [0.3, 0.4) is 0 Å². The average molecular weight is 1860 g/mol. The molecule has 0 spiro atoms. The van der Waals surface area contributed by atoms with Crippen molar-refractivity contribution >= 4 is 0 Å². The topological polar surface area (TPSA) is 77.3 Å². The standard InChI is InChI=1S/C20H18N.C19H16N.C18H14N.3C12H10N.3Ir/c1-15(2)18-10-6-7-11-19(18)17-12-13-20(21-14-17)16-8-4-3-5-9-16;1-2-15-8-6-7-11-18(15)17-12-13-19(20-14-17)16-9-4-3-5-10-16;1-14-7-5-6-10-17(14)16-11-12-18(19-13-16)15-8-3-2-4-9-15;3*1-10-7-8-12(13-9-10)11-5-3-2-4-6-11;;;/h3-8,10-15H,1-2H3;3-9,11-14H,2H2,1H3;2-8,10-13H,1H3;3*2-5,7-9H,1H3;;;/q6*-1;;;. The summed E-state index contributed by atoms with van der Waals surface area (Å²) in [5.74, 6) is 0.503. The summed E-state index contributed by atoms with van der Waals surface area (Å²) in [5, 5.41) is 0. The molecular formula is C93H78Ir3N6-6. The van der Waals surface area contributed by atoms with E-state index in [0.29, 0.717) is 5.92 Å². The molecule has 9 aromatic carbocycles. The number of hydrogen-bond acceptors (Lipinski definition) is 6. The van der Waals surface area contributed by atoms with E-state index in [4.69, 9.17) is 0 Å². The Morgan fingerprint density at radius 3 is 0.804 bits per heavy atom. The maximum Gasteiger partial charge on any atom is 0.0239 e. The van der Waals surface area contributed by atoms with E-state index in [9.17, 15) is 0 Å². The summed E-state index contributed by atoms with van der Waals surface area (Å²) in [4.78, 5) is 26.7. The Balaban J connectivity index is 0.000000172. The molecule has 6 aromatic heterocycles. The van der Waals surface area contributed by atoms with Crippen LogP contribution in [0.2, 0.25) is 0 Å². The van der Waals surface area contributed by atoms with Gasteiger partial charge in [0.15, 0.2) is 0 Å². The normalized spacial score (nSPS) is 10.0. The SMILES string of the molecule is CC(C)c1ccccc1-c1ccc(-c2[c-]cccc2)nc1.CCc1ccccc1-c1ccc(-c2[c-]cccc2)nc1.Cc1ccc(-c2[c-]cccc2)nc1.Cc1ccc(-c2[c-]cccc2)nc1.Cc1ccc(-c2[c-]cccc2)nc1.Cc1ccccc1-c1ccc(-c2[c-]cccc2)nc1.[Ir].[Ir].[Ir]. The molecule has 0 aliphatic rings. The first-order valence-corrected chi connectivity index (χ1v) is 33.3. The van der Waals surface area contributed by atoms with Crippen molar-refractivity contribution in [3.63, 3.8) is 0 Å². The van der Waals surface area contributed by atoms with E-state index in [1.807, 2.05) is 228 Å². The van der Waals surface area contributed by atoms with E-state index < -0.39 is 0 Å². The number of benzene rings is 9. The van der Waals surface area contributed by atoms with E-state index >= 15 is 0 Å². The number of hydrogen-bond donors (Lipinski definition) is 0. The first-order valence-electron chi connectivity index (χ1n) is 33.3. The molecule has 6 heterocycles. The third kappa shape index (κ3) is 23.7. The first-order chi connectivity index (χ1) is 48.6. The van der Waals surface area contributed by atoms with Crippen LogP contribution >= 0.6 is 0 Å². The fourth-order valence-corrected chi connectivity index (χ4v) is 10.6. The second kappa shape index (κ2) is 42.2. The van der Waals surface area contributed by atoms with Crippen LogP contribution in [-0.2, 0) is 66.7 Å². The Hall–Kier alpha value is -10.2. The predicted octanol–water partition coefficient (Wildman–Crippen LogP) is 23.2. The molecule has 0 saturated heterocycles. The molecular weight excluding hydrogens is 1780 g/mol. The number of rotatable bonds is 11. The molecule has 15 aromatic rings. The van der Waals surface area contributed by atoms with Crippen LogP contribution in [0.1, 0.15) is 60.1 Å². The van der Waals surface area contributed by atoms with Crippen molar-refractivity contribution in [3.8, 4) is 101 Å². The zero-order valence-corrected chi connectivity index (χ0v) is 65.3. The monoisotopic (exact) mass is 1860 g/mol. The van der Waals surface area contributed by atoms with E-state index in [1.54, 1.807) is 0 Å². The molecule has 0 amide bonds. The van der Waals surface area contributed by atoms with Gasteiger partial charge in [0, 0.05) is 97.5 Å². The minimum Gasteiger partial charge on any atom is -0.304 e. The van der Waals surface area contributed by atoms with Crippen molar-refractivity contribution in [2.45, 2.75) is 60.8 Å². The van der Waals surface area contributed by atoms with Gasteiger partial charge in [-0.2, -0.15) is 0 Å². The second-order valence-electron chi connectivity index (χ2n) is 23.7. The van der Waals surface area contributed by atoms with Crippen molar-refractivity contribution in [3.05, 3.63) is 398 Å². The zero-order valence-electron chi connectivity index (χ0n) is 58.1. The molecule has 9 heteroatoms. The Kier molecular flexibility index (Phi) is 32.7. The van der Waals surface area contributed by atoms with Gasteiger partial charge < -0.3 is 29.9 Å². The summed E-state index contributed by atoms with van der Waals surface area (Å²) in [6, 6.07) is 117. The van der Waals surface area contributed by atoms with E-state index in [1.165, 1.54) is 61.2 Å². The van der Waals surface area contributed by atoms with Gasteiger partial charge in [0.1, 0.15) is 0 Å². The summed E-state index contributed by atoms with van der Waals surface area (Å²) in [7, 11) is 0. The molecule has 6 nitrogen and oxygen atoms in total. The molecule has 102 heavy (non-hydrogen) atoms. The third-order valence-electron chi connectivity index (χ3n) is 16.0. The van der Waals surface area contributed by atoms with Crippen LogP contribution in [0.15, 0.2) is 328 Å². The maximum absolute atomic E-state index is 4.59. The van der Waals surface area contributed by atoms with Gasteiger partial charge in [0.2, 0.25) is 0 Å². The van der Waals surface area contributed by atoms with Crippen LogP contribution in [0.25, 0.3) is 101 Å². The molecule has 0 atom stereocenters. The van der Waals surface area contributed by atoms with Crippen molar-refractivity contribution in [2.24, 2.45) is 0 Å². The van der Waals surface area contributed by atoms with E-state index in [-0.39, 0.29) is 60.3 Å². The minimum atomic E-state index is 0. The number of pyridine rings is 6. The van der Waals surface area contributed by atoms with Crippen LogP contribution in [-0.4, -0.2) is 29.9 Å². The average Bonchev–Trinajstić information content (AvgIpc) is 0.834. The van der Waals surface area contributed by atoms with Gasteiger partial charge in [0.25, 0.3) is 0 Å². The second-order valence-corrected chi connectivity index (χ2v) is 23.7. The van der Waals surface area contributed by atoms with Gasteiger partial charge in [-0.3, -0.25) is 0 Å². The molecule has 3 radical (unpaired) electrons. The smallest absolute Gasteiger partial charge is 0.0239 e. The quantitative estimate of drug-likeness (QED) is 0.120. The minimum absolute atomic E-state index is 0. The summed E-state index contributed by atoms with van der Waals surface area (Å²) in [6.07, 6.45) is 12.5. The van der Waals surface area contributed by atoms with Gasteiger partial charge in [0.05, 0.1) is 0 Å². The molecule has 15 rings (SSSR count). The maximum atomic E-state index is 4.59. The van der Waals surface area contributed by atoms with Crippen molar-refractivity contribution < 1.29 is 60.3 Å². The van der Waals surface area contributed by atoms with Crippen molar-refractivity contribution in [1.82, 2.24) is 29.9 Å². The molecule has 0 bridgehead atoms. The van der Waals surface area contributed by atoms with Gasteiger partial charge in [-0.05, 0) is 141 Å². The van der Waals surface area contributed by atoms with Gasteiger partial charge >= 0.3 is 0 Å². The summed E-state index contributed by atoms with van der Waals surface area (Å²) in [6.45, 7) is 14.8. The van der Waals surface area contributed by atoms with Crippen molar-refractivity contribution in [2.75, 3.05) is 0 Å². The molecule has 0 aliphatic heterocycles. The fourth-order valence-electron chi connectivity index (χ4n) is 10.6. The van der Waals surface area contributed by atoms with Crippen LogP contribution in [0.4, 0.5) is 0 Å². The Morgan fingerprint density at radius 1 is 0.265 bits per heavy atom. The summed E-state index contributed by atoms with van der Waals surface area (Å²) in [5.41, 5.74) is 26.8. The fraction of sp³-hybridized carbons (Fsp3) is 0.0968. The number of nitrogens with zero attached hydrogens (tertiary/aromatic N) is 6. The molecule has 513 valence electrons. The zero-order chi connectivity index (χ0) is 68.8. The summed E-state index contributed by atoms with van der Waals surface area (Å²) >= 11 is 0. The van der Waals surface area contributed by atoms with Crippen LogP contribution < -0.4 is 0 Å². The van der Waals surface area contributed by atoms with Crippen LogP contribution in [0.5, 0.6) is 0 Å². The third-order valence-corrected chi connectivity index (χ3v) is 16.0. The first kappa shape index (κ1) is 79.2. The van der Waals surface area contributed by atoms with Gasteiger partial charge in [-0.1, -0.05) is 166 Å². The molecule has 0 aliphatic carbocycles. The Bertz CT molecular complexity index is 4610. The molecule has 0 N–H and O–H groups in total. The molecule has 0 fully saturated rings. The van der Waals surface area contributed by atoms with Crippen molar-refractivity contribution in [1.29, 1.82) is 0 Å². The Labute approximate surface area is 644 Å². The molecule has 0 unspecified atom stereocenters. The predicted molar refractivity (Wildman–Crippen MR) is 410 cm³/mol. The van der Waals surface area contributed by atoms with Gasteiger partial charge in [-0.15, -0.1) is 215 Å². The Morgan fingerprint density at radius 2 is 0.529 bits per heavy atom. The number of aromatic nitrogens is 6. The van der Waals surface area contributed by atoms with Gasteiger partial charge in [-0.25, -0.2) is 0 Å².